The van der Waals surface area contributed by atoms with E-state index in [0.29, 0.717) is 6.54 Å². The van der Waals surface area contributed by atoms with Crippen molar-refractivity contribution in [1.29, 1.82) is 0 Å². The minimum Gasteiger partial charge on any atom is -0.483 e. The van der Waals surface area contributed by atoms with Crippen LogP contribution in [0.4, 0.5) is 0 Å². The Labute approximate surface area is 108 Å². The highest BCUT2D eigenvalue weighted by atomic mass is 16.5. The predicted octanol–water partition coefficient (Wildman–Crippen LogP) is 0.890. The number of nitrogens with one attached hydrogen (secondary N) is 1. The molecule has 0 spiro atoms. The van der Waals surface area contributed by atoms with Gasteiger partial charge in [0.15, 0.2) is 6.61 Å². The largest absolute Gasteiger partial charge is 0.483 e. The van der Waals surface area contributed by atoms with Crippen molar-refractivity contribution in [3.63, 3.8) is 0 Å². The van der Waals surface area contributed by atoms with Crippen LogP contribution in [0, 0.1) is 26.2 Å². The van der Waals surface area contributed by atoms with Crippen LogP contribution >= 0.6 is 0 Å². The van der Waals surface area contributed by atoms with Crippen molar-refractivity contribution in [3.8, 4) is 18.1 Å². The van der Waals surface area contributed by atoms with Crippen LogP contribution < -0.4 is 15.8 Å². The third-order valence-electron chi connectivity index (χ3n) is 2.49. The van der Waals surface area contributed by atoms with Gasteiger partial charge in [-0.05, 0) is 30.5 Å². The second kappa shape index (κ2) is 6.67. The van der Waals surface area contributed by atoms with Crippen molar-refractivity contribution >= 4 is 5.91 Å². The molecule has 0 saturated heterocycles. The van der Waals surface area contributed by atoms with Gasteiger partial charge >= 0.3 is 0 Å². The number of hydrogen-bond donors (Lipinski definition) is 2. The van der Waals surface area contributed by atoms with Crippen LogP contribution in [-0.4, -0.2) is 19.1 Å². The molecule has 0 saturated carbocycles. The van der Waals surface area contributed by atoms with Gasteiger partial charge in [0.05, 0.1) is 6.54 Å². The second-order valence-corrected chi connectivity index (χ2v) is 4.03. The number of benzene rings is 1. The summed E-state index contributed by atoms with van der Waals surface area (Å²) in [4.78, 5) is 11.4. The van der Waals surface area contributed by atoms with Gasteiger partial charge < -0.3 is 15.8 Å². The molecule has 4 nitrogen and oxygen atoms in total. The molecule has 0 aliphatic carbocycles. The third kappa shape index (κ3) is 3.79. The zero-order valence-corrected chi connectivity index (χ0v) is 10.7. The van der Waals surface area contributed by atoms with Crippen LogP contribution in [0.25, 0.3) is 0 Å². The van der Waals surface area contributed by atoms with Gasteiger partial charge in [-0.25, -0.2) is 0 Å². The van der Waals surface area contributed by atoms with Crippen molar-refractivity contribution in [2.24, 2.45) is 5.73 Å². The molecule has 0 radical (unpaired) electrons. The number of amides is 1. The number of rotatable bonds is 5. The van der Waals surface area contributed by atoms with E-state index in [9.17, 15) is 4.79 Å². The molecule has 1 rings (SSSR count). The van der Waals surface area contributed by atoms with E-state index < -0.39 is 0 Å². The molecule has 4 heteroatoms. The maximum Gasteiger partial charge on any atom is 0.258 e. The summed E-state index contributed by atoms with van der Waals surface area (Å²) < 4.78 is 5.50. The highest BCUT2D eigenvalue weighted by Gasteiger charge is 2.08. The summed E-state index contributed by atoms with van der Waals surface area (Å²) in [7, 11) is 0. The van der Waals surface area contributed by atoms with Gasteiger partial charge in [0.25, 0.3) is 5.91 Å². The summed E-state index contributed by atoms with van der Waals surface area (Å²) >= 11 is 0. The fourth-order valence-corrected chi connectivity index (χ4v) is 1.72. The topological polar surface area (TPSA) is 64.3 Å². The Kier molecular flexibility index (Phi) is 5.22. The summed E-state index contributed by atoms with van der Waals surface area (Å²) in [6.45, 7) is 4.53. The van der Waals surface area contributed by atoms with Gasteiger partial charge in [-0.3, -0.25) is 4.79 Å². The number of ether oxygens (including phenoxy) is 1. The molecule has 0 bridgehead atoms. The monoisotopic (exact) mass is 246 g/mol. The van der Waals surface area contributed by atoms with E-state index in [1.165, 1.54) is 0 Å². The predicted molar refractivity (Wildman–Crippen MR) is 71.1 cm³/mol. The summed E-state index contributed by atoms with van der Waals surface area (Å²) in [6.07, 6.45) is 5.05. The summed E-state index contributed by atoms with van der Waals surface area (Å²) in [5, 5.41) is 2.54. The highest BCUT2D eigenvalue weighted by Crippen LogP contribution is 2.24. The number of terminal acetylenes is 1. The van der Waals surface area contributed by atoms with Crippen LogP contribution in [0.3, 0.4) is 0 Å². The lowest BCUT2D eigenvalue weighted by molar-refractivity contribution is -0.122. The average molecular weight is 246 g/mol. The molecule has 96 valence electrons. The number of nitrogens with two attached hydrogens (primary N) is 1. The van der Waals surface area contributed by atoms with E-state index in [-0.39, 0.29) is 19.1 Å². The summed E-state index contributed by atoms with van der Waals surface area (Å²) in [6, 6.07) is 3.92. The fourth-order valence-electron chi connectivity index (χ4n) is 1.72. The molecular weight excluding hydrogens is 228 g/mol. The van der Waals surface area contributed by atoms with Crippen LogP contribution in [0.2, 0.25) is 0 Å². The Morgan fingerprint density at radius 3 is 2.56 bits per heavy atom. The number of carbonyl (C=O) groups is 1. The van der Waals surface area contributed by atoms with Crippen molar-refractivity contribution in [1.82, 2.24) is 5.32 Å². The number of carbonyl (C=O) groups excluding carboxylic acids is 1. The van der Waals surface area contributed by atoms with Gasteiger partial charge in [0, 0.05) is 6.54 Å². The van der Waals surface area contributed by atoms with Crippen molar-refractivity contribution in [2.75, 3.05) is 13.2 Å². The quantitative estimate of drug-likeness (QED) is 0.758. The van der Waals surface area contributed by atoms with Crippen LogP contribution in [0.1, 0.15) is 16.7 Å². The van der Waals surface area contributed by atoms with Gasteiger partial charge in [0.1, 0.15) is 5.75 Å². The Hall–Kier alpha value is -1.99. The summed E-state index contributed by atoms with van der Waals surface area (Å²) in [5.41, 5.74) is 8.59. The second-order valence-electron chi connectivity index (χ2n) is 4.03. The molecule has 1 aromatic rings. The highest BCUT2D eigenvalue weighted by molar-refractivity contribution is 5.77. The molecular formula is C14H18N2O2. The Morgan fingerprint density at radius 1 is 1.44 bits per heavy atom. The lowest BCUT2D eigenvalue weighted by Gasteiger charge is -2.13. The van der Waals surface area contributed by atoms with E-state index in [1.807, 2.05) is 26.0 Å². The molecule has 1 aromatic carbocycles. The summed E-state index contributed by atoms with van der Waals surface area (Å²) in [5.74, 6) is 2.83. The first-order chi connectivity index (χ1) is 8.58. The lowest BCUT2D eigenvalue weighted by atomic mass is 10.1. The van der Waals surface area contributed by atoms with Gasteiger partial charge in [-0.15, -0.1) is 6.42 Å². The molecule has 0 atom stereocenters. The maximum absolute atomic E-state index is 11.4. The Balaban J connectivity index is 2.68. The van der Waals surface area contributed by atoms with Crippen LogP contribution in [-0.2, 0) is 11.3 Å². The molecule has 3 N–H and O–H groups in total. The molecule has 0 aromatic heterocycles. The molecule has 0 heterocycles. The van der Waals surface area contributed by atoms with E-state index in [4.69, 9.17) is 16.9 Å². The maximum atomic E-state index is 11.4. The van der Waals surface area contributed by atoms with E-state index in [0.717, 1.165) is 22.4 Å². The zero-order chi connectivity index (χ0) is 13.5. The standard InChI is InChI=1S/C14H18N2O2/c1-4-5-16-13(17)9-18-14-10(2)6-12(8-15)7-11(14)3/h1,6-7H,5,8-9,15H2,2-3H3,(H,16,17). The first-order valence-corrected chi connectivity index (χ1v) is 5.71. The lowest BCUT2D eigenvalue weighted by Crippen LogP contribution is -2.29. The van der Waals surface area contributed by atoms with Crippen molar-refractivity contribution < 1.29 is 9.53 Å². The molecule has 0 aliphatic rings. The van der Waals surface area contributed by atoms with Crippen molar-refractivity contribution in [3.05, 3.63) is 28.8 Å². The van der Waals surface area contributed by atoms with Gasteiger partial charge in [0.2, 0.25) is 0 Å². The van der Waals surface area contributed by atoms with Gasteiger partial charge in [-0.2, -0.15) is 0 Å². The normalized spacial score (nSPS) is 9.67. The van der Waals surface area contributed by atoms with E-state index in [2.05, 4.69) is 11.2 Å². The zero-order valence-electron chi connectivity index (χ0n) is 10.7. The first kappa shape index (κ1) is 14.1. The molecule has 18 heavy (non-hydrogen) atoms. The minimum absolute atomic E-state index is 0.0364. The number of aryl methyl sites for hydroxylation is 2. The van der Waals surface area contributed by atoms with E-state index >= 15 is 0 Å². The van der Waals surface area contributed by atoms with Crippen LogP contribution in [0.5, 0.6) is 5.75 Å². The molecule has 0 aliphatic heterocycles. The average Bonchev–Trinajstić information content (AvgIpc) is 2.34. The number of hydrogen-bond acceptors (Lipinski definition) is 3. The Bertz CT molecular complexity index is 452. The van der Waals surface area contributed by atoms with E-state index in [1.54, 1.807) is 0 Å². The molecule has 0 unspecified atom stereocenters. The SMILES string of the molecule is C#CCNC(=O)COc1c(C)cc(CN)cc1C. The van der Waals surface area contributed by atoms with Gasteiger partial charge in [-0.1, -0.05) is 18.1 Å². The molecule has 0 fully saturated rings. The first-order valence-electron chi connectivity index (χ1n) is 5.71. The smallest absolute Gasteiger partial charge is 0.258 e. The minimum atomic E-state index is -0.227. The van der Waals surface area contributed by atoms with Crippen LogP contribution in [0.15, 0.2) is 12.1 Å². The third-order valence-corrected chi connectivity index (χ3v) is 2.49. The fraction of sp³-hybridized carbons (Fsp3) is 0.357. The Morgan fingerprint density at radius 2 is 2.06 bits per heavy atom. The van der Waals surface area contributed by atoms with Crippen molar-refractivity contribution in [2.45, 2.75) is 20.4 Å². The molecule has 1 amide bonds.